The van der Waals surface area contributed by atoms with Crippen molar-refractivity contribution in [3.8, 4) is 0 Å². The number of rotatable bonds is 4. The molecule has 0 unspecified atom stereocenters. The predicted octanol–water partition coefficient (Wildman–Crippen LogP) is 4.30. The van der Waals surface area contributed by atoms with E-state index in [-0.39, 0.29) is 12.0 Å². The van der Waals surface area contributed by atoms with Crippen LogP contribution in [0.15, 0.2) is 42.5 Å². The number of piperidine rings is 1. The molecule has 132 valence electrons. The van der Waals surface area contributed by atoms with Crippen LogP contribution in [0.3, 0.4) is 0 Å². The maximum Gasteiger partial charge on any atom is 0.255 e. The molecule has 1 N–H and O–H groups in total. The summed E-state index contributed by atoms with van der Waals surface area (Å²) in [5.74, 6) is 0.0861. The second-order valence-corrected chi connectivity index (χ2v) is 6.65. The molecule has 4 heteroatoms. The van der Waals surface area contributed by atoms with E-state index in [2.05, 4.69) is 25.2 Å². The highest BCUT2D eigenvalue weighted by molar-refractivity contribution is 6.00. The van der Waals surface area contributed by atoms with Crippen LogP contribution in [0.5, 0.6) is 0 Å². The summed E-state index contributed by atoms with van der Waals surface area (Å²) in [6, 6.07) is 13.9. The Kier molecular flexibility index (Phi) is 5.39. The van der Waals surface area contributed by atoms with Crippen molar-refractivity contribution in [1.29, 1.82) is 0 Å². The molecule has 1 saturated heterocycles. The zero-order chi connectivity index (χ0) is 17.8. The number of methoxy groups -OCH3 is 1. The van der Waals surface area contributed by atoms with Gasteiger partial charge in [-0.05, 0) is 56.0 Å². The fraction of sp³-hybridized carbons (Fsp3) is 0.381. The summed E-state index contributed by atoms with van der Waals surface area (Å²) in [6.07, 6.45) is 2.07. The van der Waals surface area contributed by atoms with Crippen molar-refractivity contribution in [2.24, 2.45) is 0 Å². The summed E-state index contributed by atoms with van der Waals surface area (Å²) >= 11 is 0. The minimum atomic E-state index is 0.0861. The van der Waals surface area contributed by atoms with Crippen LogP contribution >= 0.6 is 0 Å². The van der Waals surface area contributed by atoms with Crippen molar-refractivity contribution in [2.45, 2.75) is 32.8 Å². The SMILES string of the molecule is COC1CCN(C(=O)c2ccccc2Nc2cccc(C)c2C)CC1. The predicted molar refractivity (Wildman–Crippen MR) is 102 cm³/mol. The van der Waals surface area contributed by atoms with Crippen molar-refractivity contribution in [3.63, 3.8) is 0 Å². The number of carbonyl (C=O) groups excluding carboxylic acids is 1. The molecule has 0 atom stereocenters. The molecule has 3 rings (SSSR count). The van der Waals surface area contributed by atoms with Crippen LogP contribution in [0.4, 0.5) is 11.4 Å². The maximum absolute atomic E-state index is 13.0. The van der Waals surface area contributed by atoms with Gasteiger partial charge in [-0.2, -0.15) is 0 Å². The number of carbonyl (C=O) groups is 1. The number of para-hydroxylation sites is 1. The van der Waals surface area contributed by atoms with Crippen LogP contribution in [-0.4, -0.2) is 37.1 Å². The van der Waals surface area contributed by atoms with Crippen LogP contribution in [0.1, 0.15) is 34.3 Å². The maximum atomic E-state index is 13.0. The molecular formula is C21H26N2O2. The van der Waals surface area contributed by atoms with Gasteiger partial charge in [-0.3, -0.25) is 4.79 Å². The van der Waals surface area contributed by atoms with E-state index in [1.165, 1.54) is 11.1 Å². The highest BCUT2D eigenvalue weighted by Gasteiger charge is 2.24. The highest BCUT2D eigenvalue weighted by atomic mass is 16.5. The lowest BCUT2D eigenvalue weighted by Gasteiger charge is -2.31. The van der Waals surface area contributed by atoms with E-state index >= 15 is 0 Å². The summed E-state index contributed by atoms with van der Waals surface area (Å²) in [5, 5.41) is 3.45. The van der Waals surface area contributed by atoms with Gasteiger partial charge in [0.2, 0.25) is 0 Å². The Hall–Kier alpha value is -2.33. The van der Waals surface area contributed by atoms with E-state index in [1.54, 1.807) is 7.11 Å². The number of hydrogen-bond donors (Lipinski definition) is 1. The molecule has 1 aliphatic heterocycles. The normalized spacial score (nSPS) is 15.2. The average molecular weight is 338 g/mol. The molecule has 0 saturated carbocycles. The van der Waals surface area contributed by atoms with Gasteiger partial charge in [-0.1, -0.05) is 24.3 Å². The number of aryl methyl sites for hydroxylation is 1. The Labute approximate surface area is 149 Å². The summed E-state index contributed by atoms with van der Waals surface area (Å²) < 4.78 is 5.40. The van der Waals surface area contributed by atoms with Crippen molar-refractivity contribution >= 4 is 17.3 Å². The van der Waals surface area contributed by atoms with Crippen LogP contribution in [0, 0.1) is 13.8 Å². The molecular weight excluding hydrogens is 312 g/mol. The summed E-state index contributed by atoms with van der Waals surface area (Å²) in [6.45, 7) is 5.68. The molecule has 1 fully saturated rings. The molecule has 1 aliphatic rings. The number of amides is 1. The second-order valence-electron chi connectivity index (χ2n) is 6.65. The summed E-state index contributed by atoms with van der Waals surface area (Å²) in [7, 11) is 1.74. The van der Waals surface area contributed by atoms with Crippen molar-refractivity contribution in [3.05, 3.63) is 59.2 Å². The number of nitrogens with one attached hydrogen (secondary N) is 1. The minimum Gasteiger partial charge on any atom is -0.381 e. The summed E-state index contributed by atoms with van der Waals surface area (Å²) in [4.78, 5) is 14.9. The van der Waals surface area contributed by atoms with E-state index in [1.807, 2.05) is 41.3 Å². The zero-order valence-electron chi connectivity index (χ0n) is 15.2. The monoisotopic (exact) mass is 338 g/mol. The Morgan fingerprint density at radius 1 is 1.04 bits per heavy atom. The molecule has 25 heavy (non-hydrogen) atoms. The molecule has 2 aromatic carbocycles. The smallest absolute Gasteiger partial charge is 0.255 e. The quantitative estimate of drug-likeness (QED) is 0.904. The molecule has 0 bridgehead atoms. The van der Waals surface area contributed by atoms with Crippen molar-refractivity contribution < 1.29 is 9.53 Å². The molecule has 1 amide bonds. The third kappa shape index (κ3) is 3.85. The van der Waals surface area contributed by atoms with Gasteiger partial charge in [-0.15, -0.1) is 0 Å². The second kappa shape index (κ2) is 7.70. The Morgan fingerprint density at radius 2 is 1.72 bits per heavy atom. The minimum absolute atomic E-state index is 0.0861. The lowest BCUT2D eigenvalue weighted by Crippen LogP contribution is -2.40. The fourth-order valence-electron chi connectivity index (χ4n) is 3.28. The number of benzene rings is 2. The van der Waals surface area contributed by atoms with Gasteiger partial charge < -0.3 is 15.0 Å². The zero-order valence-corrected chi connectivity index (χ0v) is 15.2. The molecule has 0 radical (unpaired) electrons. The largest absolute Gasteiger partial charge is 0.381 e. The first kappa shape index (κ1) is 17.5. The van der Waals surface area contributed by atoms with Gasteiger partial charge in [-0.25, -0.2) is 0 Å². The molecule has 2 aromatic rings. The number of likely N-dealkylation sites (tertiary alicyclic amines) is 1. The van der Waals surface area contributed by atoms with Crippen LogP contribution in [-0.2, 0) is 4.74 Å². The van der Waals surface area contributed by atoms with Gasteiger partial charge in [0.25, 0.3) is 5.91 Å². The molecule has 0 aromatic heterocycles. The lowest BCUT2D eigenvalue weighted by atomic mass is 10.0. The van der Waals surface area contributed by atoms with Crippen LogP contribution in [0.25, 0.3) is 0 Å². The van der Waals surface area contributed by atoms with E-state index in [0.717, 1.165) is 42.9 Å². The van der Waals surface area contributed by atoms with Gasteiger partial charge in [0.1, 0.15) is 0 Å². The van der Waals surface area contributed by atoms with Crippen molar-refractivity contribution in [2.75, 3.05) is 25.5 Å². The number of hydrogen-bond acceptors (Lipinski definition) is 3. The third-order valence-corrected chi connectivity index (χ3v) is 5.09. The van der Waals surface area contributed by atoms with E-state index in [9.17, 15) is 4.79 Å². The highest BCUT2D eigenvalue weighted by Crippen LogP contribution is 2.27. The Balaban J connectivity index is 1.81. The fourth-order valence-corrected chi connectivity index (χ4v) is 3.28. The average Bonchev–Trinajstić information content (AvgIpc) is 2.65. The van der Waals surface area contributed by atoms with Crippen molar-refractivity contribution in [1.82, 2.24) is 4.90 Å². The lowest BCUT2D eigenvalue weighted by molar-refractivity contribution is 0.0351. The topological polar surface area (TPSA) is 41.6 Å². The van der Waals surface area contributed by atoms with Gasteiger partial charge in [0.05, 0.1) is 17.4 Å². The number of anilines is 2. The van der Waals surface area contributed by atoms with Gasteiger partial charge in [0.15, 0.2) is 0 Å². The standard InChI is InChI=1S/C21H26N2O2/c1-15-7-6-10-19(16(15)2)22-20-9-5-4-8-18(20)21(24)23-13-11-17(25-3)12-14-23/h4-10,17,22H,11-14H2,1-3H3. The van der Waals surface area contributed by atoms with Crippen LogP contribution in [0.2, 0.25) is 0 Å². The Bertz CT molecular complexity index is 749. The van der Waals surface area contributed by atoms with E-state index in [4.69, 9.17) is 4.74 Å². The Morgan fingerprint density at radius 3 is 2.44 bits per heavy atom. The summed E-state index contributed by atoms with van der Waals surface area (Å²) in [5.41, 5.74) is 5.05. The molecule has 1 heterocycles. The van der Waals surface area contributed by atoms with Gasteiger partial charge in [0, 0.05) is 25.9 Å². The first-order valence-corrected chi connectivity index (χ1v) is 8.84. The first-order chi connectivity index (χ1) is 12.1. The van der Waals surface area contributed by atoms with E-state index in [0.29, 0.717) is 0 Å². The molecule has 0 aliphatic carbocycles. The van der Waals surface area contributed by atoms with Gasteiger partial charge >= 0.3 is 0 Å². The first-order valence-electron chi connectivity index (χ1n) is 8.84. The van der Waals surface area contributed by atoms with Crippen LogP contribution < -0.4 is 5.32 Å². The number of nitrogens with zero attached hydrogens (tertiary/aromatic N) is 1. The number of ether oxygens (including phenoxy) is 1. The molecule has 4 nitrogen and oxygen atoms in total. The van der Waals surface area contributed by atoms with E-state index < -0.39 is 0 Å². The molecule has 0 spiro atoms. The third-order valence-electron chi connectivity index (χ3n) is 5.09.